The average molecular weight is 1260 g/mol. The van der Waals surface area contributed by atoms with E-state index in [1.807, 2.05) is 0 Å². The Hall–Kier alpha value is -8.98. The summed E-state index contributed by atoms with van der Waals surface area (Å²) >= 11 is 0. The first kappa shape index (κ1) is 64.4. The van der Waals surface area contributed by atoms with Crippen molar-refractivity contribution in [2.24, 2.45) is 23.7 Å². The lowest BCUT2D eigenvalue weighted by Crippen LogP contribution is -2.13. The molecule has 0 N–H and O–H groups in total. The summed E-state index contributed by atoms with van der Waals surface area (Å²) in [5.41, 5.74) is 28.3. The Kier molecular flexibility index (Phi) is 20.4. The van der Waals surface area contributed by atoms with Crippen LogP contribution >= 0.6 is 0 Å². The summed E-state index contributed by atoms with van der Waals surface area (Å²) in [5.74, 6) is 2.26. The van der Waals surface area contributed by atoms with Gasteiger partial charge in [0.05, 0.1) is 11.4 Å². The molecular weight excluding hydrogens is 1160 g/mol. The van der Waals surface area contributed by atoms with Crippen molar-refractivity contribution in [1.29, 1.82) is 0 Å². The molecule has 0 radical (unpaired) electrons. The van der Waals surface area contributed by atoms with E-state index >= 15 is 0 Å². The highest BCUT2D eigenvalue weighted by Gasteiger charge is 2.26. The van der Waals surface area contributed by atoms with Crippen molar-refractivity contribution in [3.63, 3.8) is 0 Å². The molecule has 0 amide bonds. The van der Waals surface area contributed by atoms with Crippen molar-refractivity contribution < 1.29 is 0 Å². The molecule has 0 aliphatic heterocycles. The van der Waals surface area contributed by atoms with E-state index in [0.29, 0.717) is 23.7 Å². The van der Waals surface area contributed by atoms with Crippen LogP contribution in [0.1, 0.15) is 195 Å². The summed E-state index contributed by atoms with van der Waals surface area (Å²) in [5, 5.41) is 2.38. The third-order valence-corrected chi connectivity index (χ3v) is 22.0. The van der Waals surface area contributed by atoms with Gasteiger partial charge in [0.15, 0.2) is 0 Å². The quantitative estimate of drug-likeness (QED) is 0.0790. The minimum absolute atomic E-state index is 0.565. The molecule has 2 heteroatoms. The highest BCUT2D eigenvalue weighted by Crippen LogP contribution is 2.48. The lowest BCUT2D eigenvalue weighted by molar-refractivity contribution is 0.430. The zero-order valence-corrected chi connectivity index (χ0v) is 57.6. The van der Waals surface area contributed by atoms with Crippen molar-refractivity contribution >= 4 is 91.5 Å². The normalized spacial score (nSPS) is 16.8. The van der Waals surface area contributed by atoms with E-state index in [1.165, 1.54) is 228 Å². The number of aryl methyl sites for hydroxylation is 4. The first-order valence-electron chi connectivity index (χ1n) is 36.9. The van der Waals surface area contributed by atoms with Gasteiger partial charge in [0, 0.05) is 33.5 Å². The minimum Gasteiger partial charge on any atom is -0.310 e. The lowest BCUT2D eigenvalue weighted by atomic mass is 9.80. The summed E-state index contributed by atoms with van der Waals surface area (Å²) < 4.78 is 0. The zero-order valence-electron chi connectivity index (χ0n) is 57.6. The molecule has 0 unspecified atom stereocenters. The monoisotopic (exact) mass is 1250 g/mol. The van der Waals surface area contributed by atoms with Gasteiger partial charge in [-0.15, -0.1) is 0 Å². The third kappa shape index (κ3) is 15.2. The summed E-state index contributed by atoms with van der Waals surface area (Å²) in [6.07, 6.45) is 35.8. The van der Waals surface area contributed by atoms with Crippen LogP contribution in [0.5, 0.6) is 0 Å². The fraction of sp³-hybridized carbons (Fsp3) is 0.298. The number of hydrogen-bond acceptors (Lipinski definition) is 2. The van der Waals surface area contributed by atoms with Crippen LogP contribution in [0.15, 0.2) is 231 Å². The number of anilines is 6. The number of allylic oxidation sites excluding steroid dienone is 4. The van der Waals surface area contributed by atoms with Crippen molar-refractivity contribution in [2.45, 2.75) is 156 Å². The van der Waals surface area contributed by atoms with Crippen molar-refractivity contribution in [1.82, 2.24) is 0 Å². The Morgan fingerprint density at radius 1 is 0.240 bits per heavy atom. The molecule has 0 bridgehead atoms. The van der Waals surface area contributed by atoms with Crippen LogP contribution < -0.4 is 9.80 Å². The van der Waals surface area contributed by atoms with E-state index in [2.05, 4.69) is 292 Å². The molecule has 0 spiro atoms. The Morgan fingerprint density at radius 2 is 0.448 bits per heavy atom. The molecule has 4 aliphatic carbocycles. The van der Waals surface area contributed by atoms with Crippen LogP contribution in [0.2, 0.25) is 0 Å². The zero-order chi connectivity index (χ0) is 65.2. The Balaban J connectivity index is 0.891. The maximum Gasteiger partial charge on any atom is 0.0541 e. The van der Waals surface area contributed by atoms with Gasteiger partial charge < -0.3 is 9.80 Å². The van der Waals surface area contributed by atoms with Gasteiger partial charge in [-0.1, -0.05) is 293 Å². The summed E-state index contributed by atoms with van der Waals surface area (Å²) in [6, 6.07) is 88.8. The van der Waals surface area contributed by atoms with Gasteiger partial charge >= 0.3 is 0 Å². The first-order chi connectivity index (χ1) is 47.2. The van der Waals surface area contributed by atoms with Crippen LogP contribution in [0.25, 0.3) is 57.4 Å². The minimum atomic E-state index is 0.565. The van der Waals surface area contributed by atoms with Gasteiger partial charge in [-0.2, -0.15) is 0 Å². The van der Waals surface area contributed by atoms with Crippen LogP contribution in [0, 0.1) is 51.4 Å². The second kappa shape index (κ2) is 30.4. The molecule has 0 atom stereocenters. The predicted molar refractivity (Wildman–Crippen MR) is 416 cm³/mol. The highest BCUT2D eigenvalue weighted by molar-refractivity contribution is 6.07. The van der Waals surface area contributed by atoms with E-state index in [1.54, 1.807) is 0 Å². The number of hydrogen-bond donors (Lipinski definition) is 0. The second-order valence-corrected chi connectivity index (χ2v) is 28.9. The molecular formula is C94H98N2. The molecule has 10 aromatic rings. The Morgan fingerprint density at radius 3 is 0.656 bits per heavy atom. The molecule has 0 heterocycles. The van der Waals surface area contributed by atoms with Crippen LogP contribution in [0.4, 0.5) is 34.1 Å². The van der Waals surface area contributed by atoms with E-state index in [4.69, 9.17) is 0 Å². The van der Waals surface area contributed by atoms with Gasteiger partial charge in [-0.25, -0.2) is 0 Å². The molecule has 14 rings (SSSR count). The first-order valence-corrected chi connectivity index (χ1v) is 36.9. The largest absolute Gasteiger partial charge is 0.310 e. The topological polar surface area (TPSA) is 6.48 Å². The number of fused-ring (bicyclic) bond motifs is 1. The smallest absolute Gasteiger partial charge is 0.0541 e. The predicted octanol–water partition coefficient (Wildman–Crippen LogP) is 27.5. The lowest BCUT2D eigenvalue weighted by Gasteiger charge is -2.31. The molecule has 0 aromatic heterocycles. The second-order valence-electron chi connectivity index (χ2n) is 28.9. The molecule has 4 saturated carbocycles. The molecule has 96 heavy (non-hydrogen) atoms. The standard InChI is InChI=1S/C94H98N2/c1-67-29-45-79(46-30-67)89(75-19-9-5-10-20-75)63-71-37-53-83(54-38-71)95(84-55-39-72(40-56-84)64-90(76-21-11-6-12-22-76)80-47-31-68(2)32-48-80)93-61-62-94(88-28-18-17-27-87(88)93)96(85-57-41-73(42-58-85)65-91(77-23-13-7-14-24-77)81-49-33-69(3)34-50-81)86-59-43-74(44-60-86)66-92(78-25-15-8-16-26-78)82-51-35-70(4)36-52-82/h17-18,27-66,75-78H,5-16,19-26H2,1-4H3/b89-63-,90-64-,91-65-,92-66-. The van der Waals surface area contributed by atoms with Gasteiger partial charge in [-0.3, -0.25) is 0 Å². The van der Waals surface area contributed by atoms with E-state index in [9.17, 15) is 0 Å². The molecule has 10 aromatic carbocycles. The Bertz CT molecular complexity index is 3800. The summed E-state index contributed by atoms with van der Waals surface area (Å²) in [4.78, 5) is 5.03. The maximum absolute atomic E-state index is 2.51. The fourth-order valence-corrected chi connectivity index (χ4v) is 16.5. The summed E-state index contributed by atoms with van der Waals surface area (Å²) in [7, 11) is 0. The van der Waals surface area contributed by atoms with Crippen LogP contribution in [-0.2, 0) is 0 Å². The van der Waals surface area contributed by atoms with Crippen LogP contribution in [0.3, 0.4) is 0 Å². The Labute approximate surface area is 574 Å². The molecule has 4 aliphatic rings. The van der Waals surface area contributed by atoms with E-state index in [-0.39, 0.29) is 0 Å². The number of benzene rings is 10. The highest BCUT2D eigenvalue weighted by atomic mass is 15.2. The SMILES string of the molecule is Cc1ccc(/C(=C\c2ccc(N(c3ccc(/C=C(\c4ccc(C)cc4)C4CCCCC4)cc3)c3ccc(N(c4ccc(/C=C(\c5ccc(C)cc5)C5CCCCC5)cc4)c4ccc(/C=C(\c5ccc(C)cc5)C5CCCCC5)cc4)c4ccccc34)cc2)C2CCCCC2)cc1. The van der Waals surface area contributed by atoms with Crippen LogP contribution in [-0.4, -0.2) is 0 Å². The average Bonchev–Trinajstić information content (AvgIpc) is 0.820. The molecule has 4 fully saturated rings. The maximum atomic E-state index is 2.51. The van der Waals surface area contributed by atoms with Gasteiger partial charge in [-0.05, 0) is 230 Å². The van der Waals surface area contributed by atoms with Crippen molar-refractivity contribution in [2.75, 3.05) is 9.80 Å². The molecule has 484 valence electrons. The van der Waals surface area contributed by atoms with Crippen molar-refractivity contribution in [3.8, 4) is 0 Å². The fourth-order valence-electron chi connectivity index (χ4n) is 16.5. The van der Waals surface area contributed by atoms with Gasteiger partial charge in [0.25, 0.3) is 0 Å². The van der Waals surface area contributed by atoms with Gasteiger partial charge in [0.2, 0.25) is 0 Å². The molecule has 0 saturated heterocycles. The van der Waals surface area contributed by atoms with Crippen molar-refractivity contribution in [3.05, 3.63) is 297 Å². The van der Waals surface area contributed by atoms with E-state index < -0.39 is 0 Å². The number of rotatable bonds is 18. The molecule has 2 nitrogen and oxygen atoms in total. The van der Waals surface area contributed by atoms with Gasteiger partial charge in [0.1, 0.15) is 0 Å². The number of nitrogens with zero attached hydrogens (tertiary/aromatic N) is 2. The summed E-state index contributed by atoms with van der Waals surface area (Å²) in [6.45, 7) is 8.79. The van der Waals surface area contributed by atoms with E-state index in [0.717, 1.165) is 34.1 Å². The third-order valence-electron chi connectivity index (χ3n) is 22.0.